The Morgan fingerprint density at radius 1 is 0.875 bits per heavy atom. The second-order valence-corrected chi connectivity index (χ2v) is 12.9. The molecule has 1 heterocycles. The van der Waals surface area contributed by atoms with Crippen LogP contribution in [0.1, 0.15) is 69.9 Å². The van der Waals surface area contributed by atoms with E-state index in [4.69, 9.17) is 0 Å². The minimum atomic E-state index is -4.88. The first-order valence-corrected chi connectivity index (χ1v) is 14.5. The molecule has 7 heteroatoms. The molecule has 40 heavy (non-hydrogen) atoms. The lowest BCUT2D eigenvalue weighted by molar-refractivity contribution is -0.189. The number of carbonyl (C=O) groups excluding carboxylic acids is 2. The van der Waals surface area contributed by atoms with Crippen LogP contribution in [-0.4, -0.2) is 24.0 Å². The fourth-order valence-corrected chi connectivity index (χ4v) is 8.92. The fourth-order valence-electron chi connectivity index (χ4n) is 8.92. The summed E-state index contributed by atoms with van der Waals surface area (Å²) in [6.45, 7) is 4.51. The van der Waals surface area contributed by atoms with E-state index < -0.39 is 28.9 Å². The number of benzene rings is 2. The maximum Gasteiger partial charge on any atom is 0.420 e. The van der Waals surface area contributed by atoms with Gasteiger partial charge in [-0.05, 0) is 72.8 Å². The summed E-state index contributed by atoms with van der Waals surface area (Å²) in [6, 6.07) is 14.7. The normalized spacial score (nSPS) is 33.6. The molecule has 4 nitrogen and oxygen atoms in total. The highest BCUT2D eigenvalue weighted by Gasteiger charge is 2.61. The van der Waals surface area contributed by atoms with Crippen molar-refractivity contribution in [3.8, 4) is 0 Å². The lowest BCUT2D eigenvalue weighted by Crippen LogP contribution is -2.62. The van der Waals surface area contributed by atoms with E-state index >= 15 is 13.2 Å². The Morgan fingerprint density at radius 2 is 1.50 bits per heavy atom. The molecule has 2 N–H and O–H groups in total. The third kappa shape index (κ3) is 4.02. The summed E-state index contributed by atoms with van der Waals surface area (Å²) in [5.41, 5.74) is -3.42. The van der Waals surface area contributed by atoms with Gasteiger partial charge in [0, 0.05) is 11.5 Å². The van der Waals surface area contributed by atoms with E-state index in [1.54, 1.807) is 18.2 Å². The van der Waals surface area contributed by atoms with Crippen molar-refractivity contribution < 1.29 is 22.8 Å². The van der Waals surface area contributed by atoms with Crippen LogP contribution in [0, 0.1) is 28.6 Å². The van der Waals surface area contributed by atoms with Gasteiger partial charge in [-0.15, -0.1) is 0 Å². The quantitative estimate of drug-likeness (QED) is 0.418. The van der Waals surface area contributed by atoms with Crippen molar-refractivity contribution >= 4 is 11.8 Å². The summed E-state index contributed by atoms with van der Waals surface area (Å²) in [4.78, 5) is 27.2. The third-order valence-corrected chi connectivity index (χ3v) is 10.9. The lowest BCUT2D eigenvalue weighted by atomic mass is 9.48. The van der Waals surface area contributed by atoms with Gasteiger partial charge in [0.25, 0.3) is 11.8 Å². The van der Waals surface area contributed by atoms with Gasteiger partial charge in [-0.25, -0.2) is 0 Å². The minimum absolute atomic E-state index is 0.117. The van der Waals surface area contributed by atoms with Crippen molar-refractivity contribution in [3.05, 3.63) is 83.4 Å². The average Bonchev–Trinajstić information content (AvgIpc) is 3.34. The van der Waals surface area contributed by atoms with Gasteiger partial charge in [-0.3, -0.25) is 9.59 Å². The van der Waals surface area contributed by atoms with Crippen molar-refractivity contribution in [3.63, 3.8) is 0 Å². The van der Waals surface area contributed by atoms with Crippen LogP contribution in [0.4, 0.5) is 13.2 Å². The molecule has 3 aliphatic carbocycles. The van der Waals surface area contributed by atoms with Crippen LogP contribution in [0.25, 0.3) is 0 Å². The molecule has 0 aromatic heterocycles. The maximum absolute atomic E-state index is 15.2. The molecule has 2 amide bonds. The maximum atomic E-state index is 15.2. The highest BCUT2D eigenvalue weighted by Crippen LogP contribution is 2.63. The first kappa shape index (κ1) is 27.1. The van der Waals surface area contributed by atoms with E-state index in [2.05, 4.69) is 24.5 Å². The Kier molecular flexibility index (Phi) is 6.43. The second kappa shape index (κ2) is 9.49. The van der Waals surface area contributed by atoms with Crippen LogP contribution in [0.2, 0.25) is 0 Å². The van der Waals surface area contributed by atoms with E-state index in [-0.39, 0.29) is 28.7 Å². The largest absolute Gasteiger partial charge is 0.420 e. The van der Waals surface area contributed by atoms with Crippen molar-refractivity contribution in [2.75, 3.05) is 0 Å². The number of amides is 2. The number of halogens is 3. The van der Waals surface area contributed by atoms with Crippen LogP contribution in [0.5, 0.6) is 0 Å². The molecule has 2 aromatic carbocycles. The van der Waals surface area contributed by atoms with E-state index in [0.717, 1.165) is 25.7 Å². The van der Waals surface area contributed by atoms with Gasteiger partial charge < -0.3 is 10.6 Å². The number of alkyl halides is 3. The Morgan fingerprint density at radius 3 is 2.10 bits per heavy atom. The molecule has 0 radical (unpaired) electrons. The molecule has 1 unspecified atom stereocenters. The van der Waals surface area contributed by atoms with Gasteiger partial charge in [0.2, 0.25) is 0 Å². The van der Waals surface area contributed by atoms with Crippen LogP contribution in [0.3, 0.4) is 0 Å². The topological polar surface area (TPSA) is 58.2 Å². The smallest absolute Gasteiger partial charge is 0.348 e. The third-order valence-electron chi connectivity index (χ3n) is 10.9. The molecule has 3 saturated carbocycles. The number of fused-ring (bicyclic) bond motifs is 5. The van der Waals surface area contributed by atoms with Crippen LogP contribution in [-0.2, 0) is 15.1 Å². The molecular weight excluding hydrogens is 513 g/mol. The number of hydrogen-bond acceptors (Lipinski definition) is 2. The first-order valence-electron chi connectivity index (χ1n) is 14.5. The molecule has 1 aliphatic heterocycles. The summed E-state index contributed by atoms with van der Waals surface area (Å²) in [5.74, 6) is -0.202. The summed E-state index contributed by atoms with van der Waals surface area (Å²) < 4.78 is 45.5. The number of rotatable bonds is 4. The lowest BCUT2D eigenvalue weighted by Gasteiger charge is -2.58. The fraction of sp³-hybridized carbons (Fsp3) is 0.515. The van der Waals surface area contributed by atoms with Crippen molar-refractivity contribution in [2.45, 2.75) is 76.6 Å². The molecule has 4 aliphatic rings. The molecule has 6 atom stereocenters. The van der Waals surface area contributed by atoms with Crippen LogP contribution >= 0.6 is 0 Å². The van der Waals surface area contributed by atoms with Gasteiger partial charge in [0.1, 0.15) is 5.57 Å². The number of carbonyl (C=O) groups is 2. The molecule has 212 valence electrons. The molecule has 2 aromatic rings. The van der Waals surface area contributed by atoms with Gasteiger partial charge in [-0.2, -0.15) is 13.2 Å². The number of hydrogen-bond donors (Lipinski definition) is 2. The first-order chi connectivity index (χ1) is 19.0. The predicted molar refractivity (Wildman–Crippen MR) is 147 cm³/mol. The standard InChI is InChI=1S/C33H37F3N2O2/c1-30-18-9-14-25(30)23-15-16-27-31(2,26(23)17-19-30)20-24(28(39)37-27)29(40)38-32(33(34,35)36,21-10-5-3-6-11-21)22-12-7-4-8-13-22/h3-8,10-13,20,23,25-27H,9,14-19H2,1-2H3,(H,37,39)(H,38,40)/t23-,25-,26+,27?,30-,31+/m0/s1. The molecule has 3 fully saturated rings. The summed E-state index contributed by atoms with van der Waals surface area (Å²) in [6.07, 6.45) is 4.54. The van der Waals surface area contributed by atoms with Gasteiger partial charge >= 0.3 is 6.18 Å². The second-order valence-electron chi connectivity index (χ2n) is 12.9. The molecule has 0 bridgehead atoms. The summed E-state index contributed by atoms with van der Waals surface area (Å²) in [7, 11) is 0. The van der Waals surface area contributed by atoms with Crippen LogP contribution in [0.15, 0.2) is 72.3 Å². The van der Waals surface area contributed by atoms with Crippen molar-refractivity contribution in [2.24, 2.45) is 28.6 Å². The summed E-state index contributed by atoms with van der Waals surface area (Å²) in [5, 5.41) is 5.38. The molecule has 0 spiro atoms. The highest BCUT2D eigenvalue weighted by atomic mass is 19.4. The minimum Gasteiger partial charge on any atom is -0.348 e. The van der Waals surface area contributed by atoms with E-state index in [0.29, 0.717) is 17.3 Å². The van der Waals surface area contributed by atoms with Gasteiger partial charge in [-0.1, -0.05) is 87.0 Å². The Bertz CT molecular complexity index is 1280. The monoisotopic (exact) mass is 550 g/mol. The zero-order valence-electron chi connectivity index (χ0n) is 23.1. The van der Waals surface area contributed by atoms with Crippen LogP contribution < -0.4 is 10.6 Å². The van der Waals surface area contributed by atoms with Crippen molar-refractivity contribution in [1.82, 2.24) is 10.6 Å². The number of nitrogens with one attached hydrogen (secondary N) is 2. The summed E-state index contributed by atoms with van der Waals surface area (Å²) >= 11 is 0. The zero-order valence-corrected chi connectivity index (χ0v) is 23.1. The predicted octanol–water partition coefficient (Wildman–Crippen LogP) is 6.67. The highest BCUT2D eigenvalue weighted by molar-refractivity contribution is 6.19. The average molecular weight is 551 g/mol. The Hall–Kier alpha value is -3.09. The molecule has 6 rings (SSSR count). The van der Waals surface area contributed by atoms with E-state index in [1.807, 2.05) is 0 Å². The van der Waals surface area contributed by atoms with E-state index in [1.165, 1.54) is 67.8 Å². The molecular formula is C33H37F3N2O2. The van der Waals surface area contributed by atoms with E-state index in [9.17, 15) is 9.59 Å². The van der Waals surface area contributed by atoms with Gasteiger partial charge in [0.05, 0.1) is 0 Å². The SMILES string of the molecule is C[C@@]12CCC[C@H]1[C@@H]1CCC3NC(=O)C(C(=O)NC(c4ccccc4)(c4ccccc4)C(F)(F)F)=C[C@]3(C)[C@@H]1CC2. The molecule has 0 saturated heterocycles. The Labute approximate surface area is 233 Å². The van der Waals surface area contributed by atoms with Crippen molar-refractivity contribution in [1.29, 1.82) is 0 Å². The zero-order chi connectivity index (χ0) is 28.3. The van der Waals surface area contributed by atoms with Gasteiger partial charge in [0.15, 0.2) is 5.54 Å². The Balaban J connectivity index is 1.40.